The molecule has 0 aliphatic heterocycles. The number of benzene rings is 2. The van der Waals surface area contributed by atoms with Gasteiger partial charge in [0, 0.05) is 12.2 Å². The van der Waals surface area contributed by atoms with Gasteiger partial charge in [-0.3, -0.25) is 9.52 Å². The molecule has 158 valence electrons. The minimum absolute atomic E-state index is 0.0693. The summed E-state index contributed by atoms with van der Waals surface area (Å²) in [4.78, 5) is 11.3. The van der Waals surface area contributed by atoms with E-state index in [1.807, 2.05) is 6.92 Å². The number of hydrogen-bond donors (Lipinski definition) is 2. The van der Waals surface area contributed by atoms with E-state index in [4.69, 9.17) is 16.3 Å². The molecule has 0 saturated carbocycles. The number of alkyl halides is 3. The van der Waals surface area contributed by atoms with Crippen molar-refractivity contribution in [3.8, 4) is 5.75 Å². The summed E-state index contributed by atoms with van der Waals surface area (Å²) in [6.07, 6.45) is -3.84. The Bertz CT molecular complexity index is 981. The predicted molar refractivity (Wildman–Crippen MR) is 103 cm³/mol. The highest BCUT2D eigenvalue weighted by atomic mass is 35.5. The first-order valence-corrected chi connectivity index (χ1v) is 10.3. The van der Waals surface area contributed by atoms with Gasteiger partial charge in [-0.2, -0.15) is 13.2 Å². The van der Waals surface area contributed by atoms with Crippen LogP contribution < -0.4 is 14.8 Å². The van der Waals surface area contributed by atoms with Gasteiger partial charge in [0.25, 0.3) is 15.9 Å². The highest BCUT2D eigenvalue weighted by molar-refractivity contribution is 7.92. The van der Waals surface area contributed by atoms with Gasteiger partial charge in [0.2, 0.25) is 0 Å². The number of carbonyl (C=O) groups excluding carboxylic acids is 1. The summed E-state index contributed by atoms with van der Waals surface area (Å²) in [6, 6.07) is 7.31. The van der Waals surface area contributed by atoms with Gasteiger partial charge in [-0.25, -0.2) is 8.42 Å². The number of amides is 1. The standard InChI is InChI=1S/C18H18ClF3N2O4S/c1-2-8-23-17(25)11-28-16-7-6-14(10-15(16)19)29(26,27)24-13-5-3-4-12(9-13)18(20,21)22/h3-7,9-10,24H,2,8,11H2,1H3,(H,23,25). The fraction of sp³-hybridized carbons (Fsp3) is 0.278. The van der Waals surface area contributed by atoms with E-state index >= 15 is 0 Å². The highest BCUT2D eigenvalue weighted by Crippen LogP contribution is 2.32. The Kier molecular flexibility index (Phi) is 7.37. The Morgan fingerprint density at radius 1 is 1.17 bits per heavy atom. The third kappa shape index (κ3) is 6.53. The van der Waals surface area contributed by atoms with Crippen molar-refractivity contribution in [2.45, 2.75) is 24.4 Å². The van der Waals surface area contributed by atoms with Crippen molar-refractivity contribution in [2.24, 2.45) is 0 Å². The molecule has 0 aliphatic rings. The van der Waals surface area contributed by atoms with Crippen LogP contribution in [0.3, 0.4) is 0 Å². The van der Waals surface area contributed by atoms with Crippen LogP contribution in [0.2, 0.25) is 5.02 Å². The Morgan fingerprint density at radius 3 is 2.52 bits per heavy atom. The van der Waals surface area contributed by atoms with Crippen molar-refractivity contribution >= 4 is 33.2 Å². The van der Waals surface area contributed by atoms with Crippen molar-refractivity contribution in [2.75, 3.05) is 17.9 Å². The molecule has 2 N–H and O–H groups in total. The van der Waals surface area contributed by atoms with E-state index in [1.54, 1.807) is 0 Å². The molecule has 29 heavy (non-hydrogen) atoms. The van der Waals surface area contributed by atoms with Gasteiger partial charge in [-0.15, -0.1) is 0 Å². The maximum atomic E-state index is 12.8. The third-order valence-corrected chi connectivity index (χ3v) is 5.26. The second-order valence-electron chi connectivity index (χ2n) is 5.91. The Hall–Kier alpha value is -2.46. The van der Waals surface area contributed by atoms with Crippen molar-refractivity contribution in [3.63, 3.8) is 0 Å². The molecule has 2 aromatic carbocycles. The number of carbonyl (C=O) groups is 1. The molecule has 0 aromatic heterocycles. The molecule has 2 aromatic rings. The molecule has 0 radical (unpaired) electrons. The van der Waals surface area contributed by atoms with Crippen molar-refractivity contribution in [3.05, 3.63) is 53.1 Å². The van der Waals surface area contributed by atoms with Crippen LogP contribution >= 0.6 is 11.6 Å². The van der Waals surface area contributed by atoms with Gasteiger partial charge >= 0.3 is 6.18 Å². The van der Waals surface area contributed by atoms with Gasteiger partial charge < -0.3 is 10.1 Å². The minimum atomic E-state index is -4.60. The van der Waals surface area contributed by atoms with Crippen molar-refractivity contribution in [1.29, 1.82) is 0 Å². The largest absolute Gasteiger partial charge is 0.482 e. The Balaban J connectivity index is 2.13. The molecule has 0 atom stereocenters. The maximum Gasteiger partial charge on any atom is 0.416 e. The second kappa shape index (κ2) is 9.36. The lowest BCUT2D eigenvalue weighted by Crippen LogP contribution is -2.29. The molecule has 0 unspecified atom stereocenters. The van der Waals surface area contributed by atoms with Crippen LogP contribution in [0.5, 0.6) is 5.75 Å². The molecular formula is C18H18ClF3N2O4S. The number of nitrogens with one attached hydrogen (secondary N) is 2. The first-order valence-electron chi connectivity index (χ1n) is 8.42. The van der Waals surface area contributed by atoms with Gasteiger partial charge in [0.1, 0.15) is 5.75 Å². The molecule has 0 spiro atoms. The van der Waals surface area contributed by atoms with E-state index in [0.717, 1.165) is 24.6 Å². The molecule has 0 heterocycles. The zero-order valence-electron chi connectivity index (χ0n) is 15.2. The zero-order valence-corrected chi connectivity index (χ0v) is 16.8. The van der Waals surface area contributed by atoms with Crippen LogP contribution in [-0.4, -0.2) is 27.5 Å². The maximum absolute atomic E-state index is 12.8. The summed E-state index contributed by atoms with van der Waals surface area (Å²) in [5, 5.41) is 2.54. The SMILES string of the molecule is CCCNC(=O)COc1ccc(S(=O)(=O)Nc2cccc(C(F)(F)F)c2)cc1Cl. The molecule has 6 nitrogen and oxygen atoms in total. The molecular weight excluding hydrogens is 433 g/mol. The van der Waals surface area contributed by atoms with E-state index in [2.05, 4.69) is 10.0 Å². The monoisotopic (exact) mass is 450 g/mol. The van der Waals surface area contributed by atoms with Crippen LogP contribution in [0.1, 0.15) is 18.9 Å². The quantitative estimate of drug-likeness (QED) is 0.635. The zero-order chi connectivity index (χ0) is 21.7. The first kappa shape index (κ1) is 22.8. The van der Waals surface area contributed by atoms with Gasteiger partial charge in [-0.1, -0.05) is 24.6 Å². The fourth-order valence-corrected chi connectivity index (χ4v) is 3.57. The molecule has 0 aliphatic carbocycles. The number of anilines is 1. The lowest BCUT2D eigenvalue weighted by Gasteiger charge is -2.13. The Labute approximate surface area is 171 Å². The summed E-state index contributed by atoms with van der Waals surface area (Å²) in [5.41, 5.74) is -1.23. The number of halogens is 4. The van der Waals surface area contributed by atoms with Crippen molar-refractivity contribution < 1.29 is 31.1 Å². The summed E-state index contributed by atoms with van der Waals surface area (Å²) in [5.74, 6) is -0.262. The Morgan fingerprint density at radius 2 is 1.90 bits per heavy atom. The summed E-state index contributed by atoms with van der Waals surface area (Å²) in [7, 11) is -4.19. The van der Waals surface area contributed by atoms with Crippen LogP contribution in [0, 0.1) is 0 Å². The number of ether oxygens (including phenoxy) is 1. The van der Waals surface area contributed by atoms with E-state index in [0.29, 0.717) is 12.6 Å². The van der Waals surface area contributed by atoms with E-state index in [1.165, 1.54) is 18.2 Å². The van der Waals surface area contributed by atoms with E-state index in [9.17, 15) is 26.4 Å². The topological polar surface area (TPSA) is 84.5 Å². The van der Waals surface area contributed by atoms with Gasteiger partial charge in [-0.05, 0) is 42.8 Å². The van der Waals surface area contributed by atoms with Crippen LogP contribution in [0.25, 0.3) is 0 Å². The second-order valence-corrected chi connectivity index (χ2v) is 8.00. The molecule has 2 rings (SSSR count). The predicted octanol–water partition coefficient (Wildman–Crippen LogP) is 4.06. The molecule has 0 fully saturated rings. The average molecular weight is 451 g/mol. The fourth-order valence-electron chi connectivity index (χ4n) is 2.20. The van der Waals surface area contributed by atoms with E-state index in [-0.39, 0.29) is 33.9 Å². The molecule has 1 amide bonds. The van der Waals surface area contributed by atoms with Crippen LogP contribution in [0.15, 0.2) is 47.4 Å². The van der Waals surface area contributed by atoms with Crippen molar-refractivity contribution in [1.82, 2.24) is 5.32 Å². The van der Waals surface area contributed by atoms with Gasteiger partial charge in [0.05, 0.1) is 15.5 Å². The third-order valence-electron chi connectivity index (χ3n) is 3.59. The number of hydrogen-bond acceptors (Lipinski definition) is 4. The summed E-state index contributed by atoms with van der Waals surface area (Å²) < 4.78 is 70.6. The lowest BCUT2D eigenvalue weighted by molar-refractivity contribution is -0.137. The number of rotatable bonds is 8. The summed E-state index contributed by atoms with van der Waals surface area (Å²) in [6.45, 7) is 2.09. The average Bonchev–Trinajstić information content (AvgIpc) is 2.64. The van der Waals surface area contributed by atoms with E-state index < -0.39 is 21.8 Å². The van der Waals surface area contributed by atoms with Crippen LogP contribution in [-0.2, 0) is 21.0 Å². The molecule has 11 heteroatoms. The molecule has 0 saturated heterocycles. The van der Waals surface area contributed by atoms with Gasteiger partial charge in [0.15, 0.2) is 6.61 Å². The van der Waals surface area contributed by atoms with Crippen LogP contribution in [0.4, 0.5) is 18.9 Å². The number of sulfonamides is 1. The smallest absolute Gasteiger partial charge is 0.416 e. The normalized spacial score (nSPS) is 11.8. The first-order chi connectivity index (χ1) is 13.5. The minimum Gasteiger partial charge on any atom is -0.482 e. The summed E-state index contributed by atoms with van der Waals surface area (Å²) >= 11 is 6.01. The lowest BCUT2D eigenvalue weighted by atomic mass is 10.2. The molecule has 0 bridgehead atoms. The highest BCUT2D eigenvalue weighted by Gasteiger charge is 2.30.